The van der Waals surface area contributed by atoms with E-state index in [1.54, 1.807) is 0 Å². The standard InChI is InChI=1S/C48H30N2O/c1-4-15-31(16-5-1)34-23-14-24-35(32-17-6-2-7-18-32)46(34)50-41-26-13-11-22-38(41)44-42(50)29-27-39-45-43(51-48(39)44)30-28-37-36-21-10-12-25-40(36)49(47(37)45)33-19-8-3-9-20-33/h1-30H. The van der Waals surface area contributed by atoms with Crippen LogP contribution < -0.4 is 0 Å². The molecule has 0 aliphatic carbocycles. The molecule has 3 heterocycles. The molecule has 0 atom stereocenters. The highest BCUT2D eigenvalue weighted by Crippen LogP contribution is 2.47. The zero-order valence-corrected chi connectivity index (χ0v) is 27.6. The molecule has 3 aromatic heterocycles. The molecule has 3 nitrogen and oxygen atoms in total. The van der Waals surface area contributed by atoms with Crippen molar-refractivity contribution in [3.63, 3.8) is 0 Å². The normalized spacial score (nSPS) is 11.9. The summed E-state index contributed by atoms with van der Waals surface area (Å²) in [6.45, 7) is 0. The molecule has 0 saturated heterocycles. The highest BCUT2D eigenvalue weighted by molar-refractivity contribution is 6.30. The molecule has 0 N–H and O–H groups in total. The van der Waals surface area contributed by atoms with Crippen LogP contribution in [0.15, 0.2) is 186 Å². The van der Waals surface area contributed by atoms with E-state index < -0.39 is 0 Å². The van der Waals surface area contributed by atoms with Gasteiger partial charge in [0.25, 0.3) is 0 Å². The molecule has 0 amide bonds. The molecule has 11 rings (SSSR count). The van der Waals surface area contributed by atoms with Crippen LogP contribution in [0.1, 0.15) is 0 Å². The molecule has 0 aliphatic heterocycles. The van der Waals surface area contributed by atoms with Crippen molar-refractivity contribution in [3.8, 4) is 33.6 Å². The molecular weight excluding hydrogens is 621 g/mol. The summed E-state index contributed by atoms with van der Waals surface area (Å²) in [5.41, 5.74) is 13.4. The lowest BCUT2D eigenvalue weighted by molar-refractivity contribution is 0.673. The Morgan fingerprint density at radius 1 is 0.353 bits per heavy atom. The summed E-state index contributed by atoms with van der Waals surface area (Å²) in [6, 6.07) is 65.2. The van der Waals surface area contributed by atoms with E-state index in [0.717, 1.165) is 49.7 Å². The zero-order valence-electron chi connectivity index (χ0n) is 27.6. The third-order valence-electron chi connectivity index (χ3n) is 10.5. The SMILES string of the molecule is c1ccc(-c2cccc(-c3ccccc3)c2-n2c3ccccc3c3c4oc5ccc6c7ccccc7n(-c7ccccc7)c6c5c4ccc32)cc1. The molecule has 51 heavy (non-hydrogen) atoms. The average Bonchev–Trinajstić information content (AvgIpc) is 3.86. The van der Waals surface area contributed by atoms with E-state index in [2.05, 4.69) is 191 Å². The second-order valence-electron chi connectivity index (χ2n) is 13.2. The minimum Gasteiger partial charge on any atom is -0.455 e. The first-order valence-corrected chi connectivity index (χ1v) is 17.5. The molecule has 0 saturated carbocycles. The Kier molecular flexibility index (Phi) is 5.96. The molecule has 0 unspecified atom stereocenters. The number of benzene rings is 8. The van der Waals surface area contributed by atoms with Gasteiger partial charge in [0.05, 0.1) is 38.5 Å². The first-order valence-electron chi connectivity index (χ1n) is 17.5. The van der Waals surface area contributed by atoms with E-state index in [-0.39, 0.29) is 0 Å². The lowest BCUT2D eigenvalue weighted by atomic mass is 9.95. The molecule has 0 aliphatic rings. The number of rotatable bonds is 4. The molecular formula is C48H30N2O. The molecule has 0 radical (unpaired) electrons. The maximum absolute atomic E-state index is 7.02. The van der Waals surface area contributed by atoms with Crippen LogP contribution in [0.5, 0.6) is 0 Å². The zero-order chi connectivity index (χ0) is 33.5. The second kappa shape index (κ2) is 10.8. The van der Waals surface area contributed by atoms with Crippen molar-refractivity contribution in [2.75, 3.05) is 0 Å². The summed E-state index contributed by atoms with van der Waals surface area (Å²) in [5.74, 6) is 0. The van der Waals surface area contributed by atoms with Crippen molar-refractivity contribution in [2.45, 2.75) is 0 Å². The van der Waals surface area contributed by atoms with E-state index >= 15 is 0 Å². The lowest BCUT2D eigenvalue weighted by Crippen LogP contribution is -2.00. The van der Waals surface area contributed by atoms with Crippen molar-refractivity contribution < 1.29 is 4.42 Å². The predicted molar refractivity (Wildman–Crippen MR) is 213 cm³/mol. The molecule has 238 valence electrons. The molecule has 0 spiro atoms. The van der Waals surface area contributed by atoms with Gasteiger partial charge in [-0.1, -0.05) is 133 Å². The Labute approximate surface area is 293 Å². The summed E-state index contributed by atoms with van der Waals surface area (Å²) in [4.78, 5) is 0. The largest absolute Gasteiger partial charge is 0.455 e. The maximum Gasteiger partial charge on any atom is 0.145 e. The van der Waals surface area contributed by atoms with Crippen molar-refractivity contribution in [1.82, 2.24) is 9.13 Å². The fraction of sp³-hybridized carbons (Fsp3) is 0. The summed E-state index contributed by atoms with van der Waals surface area (Å²) in [7, 11) is 0. The van der Waals surface area contributed by atoms with Crippen molar-refractivity contribution in [2.24, 2.45) is 0 Å². The van der Waals surface area contributed by atoms with Crippen LogP contribution in [0.25, 0.3) is 99.2 Å². The summed E-state index contributed by atoms with van der Waals surface area (Å²) in [6.07, 6.45) is 0. The molecule has 0 bridgehead atoms. The summed E-state index contributed by atoms with van der Waals surface area (Å²) < 4.78 is 11.9. The van der Waals surface area contributed by atoms with Crippen LogP contribution in [0.4, 0.5) is 0 Å². The summed E-state index contributed by atoms with van der Waals surface area (Å²) >= 11 is 0. The first kappa shape index (κ1) is 28.0. The Hall–Kier alpha value is -6.84. The Balaban J connectivity index is 1.30. The van der Waals surface area contributed by atoms with Crippen LogP contribution in [-0.4, -0.2) is 9.13 Å². The topological polar surface area (TPSA) is 23.0 Å². The monoisotopic (exact) mass is 650 g/mol. The fourth-order valence-corrected chi connectivity index (χ4v) is 8.40. The van der Waals surface area contributed by atoms with E-state index in [4.69, 9.17) is 4.42 Å². The minimum atomic E-state index is 0.886. The van der Waals surface area contributed by atoms with Gasteiger partial charge in [-0.3, -0.25) is 0 Å². The Morgan fingerprint density at radius 3 is 1.61 bits per heavy atom. The number of fused-ring (bicyclic) bond motifs is 11. The Bertz CT molecular complexity index is 3050. The van der Waals surface area contributed by atoms with Gasteiger partial charge in [0.1, 0.15) is 11.2 Å². The van der Waals surface area contributed by atoms with Gasteiger partial charge in [0.15, 0.2) is 0 Å². The lowest BCUT2D eigenvalue weighted by Gasteiger charge is -2.19. The molecule has 0 fully saturated rings. The average molecular weight is 651 g/mol. The number of para-hydroxylation sites is 4. The molecule has 3 heteroatoms. The number of hydrogen-bond donors (Lipinski definition) is 0. The van der Waals surface area contributed by atoms with Crippen LogP contribution in [0.2, 0.25) is 0 Å². The van der Waals surface area contributed by atoms with Gasteiger partial charge < -0.3 is 13.6 Å². The Morgan fingerprint density at radius 2 is 0.922 bits per heavy atom. The van der Waals surface area contributed by atoms with E-state index in [9.17, 15) is 0 Å². The number of hydrogen-bond acceptors (Lipinski definition) is 1. The van der Waals surface area contributed by atoms with Gasteiger partial charge in [-0.15, -0.1) is 0 Å². The fourth-order valence-electron chi connectivity index (χ4n) is 8.40. The van der Waals surface area contributed by atoms with E-state index in [1.807, 2.05) is 0 Å². The van der Waals surface area contributed by atoms with Crippen molar-refractivity contribution in [1.29, 1.82) is 0 Å². The predicted octanol–water partition coefficient (Wildman–Crippen LogP) is 13.1. The number of aromatic nitrogens is 2. The van der Waals surface area contributed by atoms with Crippen LogP contribution in [0.3, 0.4) is 0 Å². The van der Waals surface area contributed by atoms with Crippen molar-refractivity contribution >= 4 is 65.6 Å². The number of nitrogens with zero attached hydrogens (tertiary/aromatic N) is 2. The van der Waals surface area contributed by atoms with Gasteiger partial charge in [-0.05, 0) is 59.7 Å². The highest BCUT2D eigenvalue weighted by atomic mass is 16.3. The molecule has 11 aromatic rings. The minimum absolute atomic E-state index is 0.886. The smallest absolute Gasteiger partial charge is 0.145 e. The van der Waals surface area contributed by atoms with Crippen LogP contribution in [0, 0.1) is 0 Å². The molecule has 8 aromatic carbocycles. The summed E-state index contributed by atoms with van der Waals surface area (Å²) in [5, 5.41) is 6.99. The van der Waals surface area contributed by atoms with Gasteiger partial charge in [-0.2, -0.15) is 0 Å². The highest BCUT2D eigenvalue weighted by Gasteiger charge is 2.24. The van der Waals surface area contributed by atoms with Gasteiger partial charge in [0, 0.05) is 38.4 Å². The first-order chi connectivity index (χ1) is 25.3. The quantitative estimate of drug-likeness (QED) is 0.186. The van der Waals surface area contributed by atoms with Crippen LogP contribution in [-0.2, 0) is 0 Å². The third-order valence-corrected chi connectivity index (χ3v) is 10.5. The van der Waals surface area contributed by atoms with Gasteiger partial charge >= 0.3 is 0 Å². The van der Waals surface area contributed by atoms with E-state index in [0.29, 0.717) is 0 Å². The third kappa shape index (κ3) is 4.00. The van der Waals surface area contributed by atoms with Crippen LogP contribution >= 0.6 is 0 Å². The second-order valence-corrected chi connectivity index (χ2v) is 13.2. The van der Waals surface area contributed by atoms with Gasteiger partial charge in [0.2, 0.25) is 0 Å². The maximum atomic E-state index is 7.02. The van der Waals surface area contributed by atoms with Gasteiger partial charge in [-0.25, -0.2) is 0 Å². The number of furan rings is 1. The van der Waals surface area contributed by atoms with E-state index in [1.165, 1.54) is 49.4 Å². The van der Waals surface area contributed by atoms with Crippen molar-refractivity contribution in [3.05, 3.63) is 182 Å².